The minimum Gasteiger partial charge on any atom is -0.369 e. The highest BCUT2D eigenvalue weighted by Gasteiger charge is 2.50. The molecule has 2 aromatic heterocycles. The van der Waals surface area contributed by atoms with Crippen LogP contribution >= 0.6 is 11.6 Å². The molecule has 1 aliphatic carbocycles. The number of halogens is 1. The molecule has 1 fully saturated rings. The van der Waals surface area contributed by atoms with Crippen molar-refractivity contribution in [1.82, 2.24) is 19.7 Å². The number of aryl methyl sites for hydroxylation is 3. The first-order valence-corrected chi connectivity index (χ1v) is 9.73. The van der Waals surface area contributed by atoms with E-state index in [-0.39, 0.29) is 5.91 Å². The fraction of sp³-hybridized carbons (Fsp3) is 0.333. The molecule has 0 spiro atoms. The zero-order chi connectivity index (χ0) is 19.7. The van der Waals surface area contributed by atoms with Crippen LogP contribution < -0.4 is 5.73 Å². The molecule has 28 heavy (non-hydrogen) atoms. The Morgan fingerprint density at radius 3 is 2.71 bits per heavy atom. The Balaban J connectivity index is 1.53. The van der Waals surface area contributed by atoms with Gasteiger partial charge in [-0.15, -0.1) is 0 Å². The van der Waals surface area contributed by atoms with Gasteiger partial charge in [-0.2, -0.15) is 5.10 Å². The molecule has 4 rings (SSSR count). The Morgan fingerprint density at radius 1 is 1.25 bits per heavy atom. The minimum atomic E-state index is -0.490. The number of nitrogens with two attached hydrogens (primary N) is 1. The molecule has 1 saturated carbocycles. The van der Waals surface area contributed by atoms with E-state index >= 15 is 0 Å². The smallest absolute Gasteiger partial charge is 0.228 e. The first-order valence-electron chi connectivity index (χ1n) is 9.35. The average molecular weight is 396 g/mol. The third-order valence-electron chi connectivity index (χ3n) is 5.36. The van der Waals surface area contributed by atoms with Crippen molar-refractivity contribution in [2.24, 2.45) is 12.8 Å². The number of aromatic nitrogens is 4. The Kier molecular flexibility index (Phi) is 4.89. The number of nitrogens with zero attached hydrogens (tertiary/aromatic N) is 4. The van der Waals surface area contributed by atoms with E-state index < -0.39 is 5.41 Å². The standard InChI is InChI=1S/C21H22ClN5O/c1-27-11-8-15(26-27)12-19-24-13-17(22)18(25-19)7-6-14-4-2-3-5-16(14)21(9-10-21)20(23)28/h2-5,8,11,13H,6-7,9-10,12H2,1H3,(H2,23,28). The molecule has 1 aromatic carbocycles. The number of amides is 1. The number of primary amides is 1. The van der Waals surface area contributed by atoms with Crippen LogP contribution in [0.5, 0.6) is 0 Å². The van der Waals surface area contributed by atoms with Crippen LogP contribution in [0, 0.1) is 0 Å². The summed E-state index contributed by atoms with van der Waals surface area (Å²) < 4.78 is 1.76. The lowest BCUT2D eigenvalue weighted by molar-refractivity contribution is -0.120. The van der Waals surface area contributed by atoms with Gasteiger partial charge in [-0.05, 0) is 42.9 Å². The fourth-order valence-electron chi connectivity index (χ4n) is 3.66. The normalized spacial score (nSPS) is 14.8. The molecule has 7 heteroatoms. The lowest BCUT2D eigenvalue weighted by atomic mass is 9.88. The van der Waals surface area contributed by atoms with E-state index in [9.17, 15) is 4.79 Å². The largest absolute Gasteiger partial charge is 0.369 e. The fourth-order valence-corrected chi connectivity index (χ4v) is 3.84. The lowest BCUT2D eigenvalue weighted by Crippen LogP contribution is -2.29. The third-order valence-corrected chi connectivity index (χ3v) is 5.68. The molecule has 6 nitrogen and oxygen atoms in total. The van der Waals surface area contributed by atoms with E-state index in [2.05, 4.69) is 21.1 Å². The second kappa shape index (κ2) is 7.36. The topological polar surface area (TPSA) is 86.7 Å². The van der Waals surface area contributed by atoms with Crippen LogP contribution in [0.3, 0.4) is 0 Å². The molecule has 0 radical (unpaired) electrons. The van der Waals surface area contributed by atoms with Gasteiger partial charge in [-0.25, -0.2) is 9.97 Å². The van der Waals surface area contributed by atoms with Crippen molar-refractivity contribution < 1.29 is 4.79 Å². The highest BCUT2D eigenvalue weighted by Crippen LogP contribution is 2.49. The van der Waals surface area contributed by atoms with E-state index in [1.165, 1.54) is 0 Å². The summed E-state index contributed by atoms with van der Waals surface area (Å²) in [5, 5.41) is 4.93. The predicted molar refractivity (Wildman–Crippen MR) is 107 cm³/mol. The van der Waals surface area contributed by atoms with Crippen molar-refractivity contribution in [2.45, 2.75) is 37.5 Å². The van der Waals surface area contributed by atoms with Crippen molar-refractivity contribution in [2.75, 3.05) is 0 Å². The number of hydrogen-bond donors (Lipinski definition) is 1. The van der Waals surface area contributed by atoms with Crippen molar-refractivity contribution in [3.8, 4) is 0 Å². The molecule has 0 unspecified atom stereocenters. The average Bonchev–Trinajstić information content (AvgIpc) is 3.40. The van der Waals surface area contributed by atoms with Crippen molar-refractivity contribution >= 4 is 17.5 Å². The maximum atomic E-state index is 12.0. The van der Waals surface area contributed by atoms with Crippen LogP contribution in [0.4, 0.5) is 0 Å². The molecule has 144 valence electrons. The summed E-state index contributed by atoms with van der Waals surface area (Å²) >= 11 is 6.34. The van der Waals surface area contributed by atoms with Gasteiger partial charge >= 0.3 is 0 Å². The molecule has 2 N–H and O–H groups in total. The highest BCUT2D eigenvalue weighted by atomic mass is 35.5. The van der Waals surface area contributed by atoms with Crippen LogP contribution in [-0.2, 0) is 36.5 Å². The monoisotopic (exact) mass is 395 g/mol. The summed E-state index contributed by atoms with van der Waals surface area (Å²) in [6.07, 6.45) is 7.17. The molecule has 3 aromatic rings. The van der Waals surface area contributed by atoms with Crippen LogP contribution in [0.2, 0.25) is 5.02 Å². The summed E-state index contributed by atoms with van der Waals surface area (Å²) in [5.41, 5.74) is 9.07. The summed E-state index contributed by atoms with van der Waals surface area (Å²) in [4.78, 5) is 20.9. The van der Waals surface area contributed by atoms with E-state index in [0.717, 1.165) is 41.8 Å². The van der Waals surface area contributed by atoms with E-state index in [1.807, 2.05) is 37.5 Å². The highest BCUT2D eigenvalue weighted by molar-refractivity contribution is 6.31. The number of hydrogen-bond acceptors (Lipinski definition) is 4. The first-order chi connectivity index (χ1) is 13.5. The van der Waals surface area contributed by atoms with Crippen LogP contribution in [0.25, 0.3) is 0 Å². The van der Waals surface area contributed by atoms with Gasteiger partial charge in [0, 0.05) is 19.4 Å². The SMILES string of the molecule is Cn1ccc(Cc2ncc(Cl)c(CCc3ccccc3C3(C(N)=O)CC3)n2)n1. The number of carbonyl (C=O) groups excluding carboxylic acids is 1. The predicted octanol–water partition coefficient (Wildman–Crippen LogP) is 2.76. The summed E-state index contributed by atoms with van der Waals surface area (Å²) in [5.74, 6) is 0.458. The van der Waals surface area contributed by atoms with Gasteiger partial charge in [-0.3, -0.25) is 9.48 Å². The summed E-state index contributed by atoms with van der Waals surface area (Å²) in [7, 11) is 1.88. The van der Waals surface area contributed by atoms with Gasteiger partial charge in [-0.1, -0.05) is 35.9 Å². The van der Waals surface area contributed by atoms with E-state index in [0.29, 0.717) is 23.7 Å². The van der Waals surface area contributed by atoms with Crippen molar-refractivity contribution in [3.05, 3.63) is 76.1 Å². The maximum Gasteiger partial charge on any atom is 0.228 e. The Labute approximate surface area is 168 Å². The van der Waals surface area contributed by atoms with Gasteiger partial charge in [0.05, 0.1) is 28.2 Å². The lowest BCUT2D eigenvalue weighted by Gasteiger charge is -2.16. The number of carbonyl (C=O) groups is 1. The summed E-state index contributed by atoms with van der Waals surface area (Å²) in [6, 6.07) is 9.98. The molecule has 0 bridgehead atoms. The zero-order valence-corrected chi connectivity index (χ0v) is 16.5. The minimum absolute atomic E-state index is 0.238. The van der Waals surface area contributed by atoms with Crippen LogP contribution in [0.15, 0.2) is 42.7 Å². The zero-order valence-electron chi connectivity index (χ0n) is 15.7. The van der Waals surface area contributed by atoms with Gasteiger partial charge in [0.25, 0.3) is 0 Å². The second-order valence-electron chi connectivity index (χ2n) is 7.34. The quantitative estimate of drug-likeness (QED) is 0.666. The number of rotatable bonds is 7. The molecule has 1 amide bonds. The van der Waals surface area contributed by atoms with Gasteiger partial charge in [0.15, 0.2) is 0 Å². The van der Waals surface area contributed by atoms with Crippen LogP contribution in [-0.4, -0.2) is 25.7 Å². The molecule has 1 aliphatic rings. The van der Waals surface area contributed by atoms with Gasteiger partial charge in [0.1, 0.15) is 5.82 Å². The van der Waals surface area contributed by atoms with E-state index in [4.69, 9.17) is 17.3 Å². The van der Waals surface area contributed by atoms with Crippen LogP contribution in [0.1, 0.15) is 41.2 Å². The second-order valence-corrected chi connectivity index (χ2v) is 7.75. The molecule has 2 heterocycles. The Morgan fingerprint density at radius 2 is 2.04 bits per heavy atom. The molecule has 0 atom stereocenters. The molecule has 0 aliphatic heterocycles. The Bertz CT molecular complexity index is 1030. The molecule has 0 saturated heterocycles. The third kappa shape index (κ3) is 3.64. The first kappa shape index (κ1) is 18.6. The van der Waals surface area contributed by atoms with Crippen molar-refractivity contribution in [3.63, 3.8) is 0 Å². The van der Waals surface area contributed by atoms with Crippen molar-refractivity contribution in [1.29, 1.82) is 0 Å². The molecular weight excluding hydrogens is 374 g/mol. The van der Waals surface area contributed by atoms with Gasteiger partial charge < -0.3 is 5.73 Å². The maximum absolute atomic E-state index is 12.0. The van der Waals surface area contributed by atoms with E-state index in [1.54, 1.807) is 10.9 Å². The molecular formula is C21H22ClN5O. The number of benzene rings is 1. The summed E-state index contributed by atoms with van der Waals surface area (Å²) in [6.45, 7) is 0. The van der Waals surface area contributed by atoms with Gasteiger partial charge in [0.2, 0.25) is 5.91 Å². The Hall–Kier alpha value is -2.73.